The summed E-state index contributed by atoms with van der Waals surface area (Å²) in [5, 5.41) is 9.73. The Bertz CT molecular complexity index is 754. The highest BCUT2D eigenvalue weighted by molar-refractivity contribution is 9.10. The largest absolute Gasteiger partial charge is 0.480 e. The average molecular weight is 392 g/mol. The Morgan fingerprint density at radius 2 is 2.33 bits per heavy atom. The van der Waals surface area contributed by atoms with Crippen molar-refractivity contribution in [3.8, 4) is 0 Å². The van der Waals surface area contributed by atoms with Gasteiger partial charge in [-0.05, 0) is 17.7 Å². The van der Waals surface area contributed by atoms with Crippen molar-refractivity contribution in [1.29, 1.82) is 0 Å². The molecule has 6 nitrogen and oxygen atoms in total. The molecule has 126 valence electrons. The normalized spacial score (nSPS) is 15.8. The van der Waals surface area contributed by atoms with Crippen LogP contribution in [0.4, 0.5) is 0 Å². The summed E-state index contributed by atoms with van der Waals surface area (Å²) in [6.45, 7) is 1.54. The minimum absolute atomic E-state index is 0.382. The van der Waals surface area contributed by atoms with Gasteiger partial charge in [-0.3, -0.25) is 9.69 Å². The SMILES string of the molecule is COCc1ncc2c(n1)CCN(C(C(=O)O)c1cccc(Br)c1)C2. The molecule has 1 N–H and O–H groups in total. The first-order valence-corrected chi connectivity index (χ1v) is 8.42. The summed E-state index contributed by atoms with van der Waals surface area (Å²) >= 11 is 3.41. The van der Waals surface area contributed by atoms with E-state index >= 15 is 0 Å². The summed E-state index contributed by atoms with van der Waals surface area (Å²) < 4.78 is 5.93. The van der Waals surface area contributed by atoms with E-state index in [1.54, 1.807) is 13.3 Å². The number of hydrogen-bond donors (Lipinski definition) is 1. The number of carboxylic acid groups (broad SMARTS) is 1. The van der Waals surface area contributed by atoms with Crippen LogP contribution in [0.1, 0.15) is 28.7 Å². The van der Waals surface area contributed by atoms with Gasteiger partial charge < -0.3 is 9.84 Å². The van der Waals surface area contributed by atoms with E-state index in [-0.39, 0.29) is 0 Å². The van der Waals surface area contributed by atoms with Crippen molar-refractivity contribution in [3.63, 3.8) is 0 Å². The third-order valence-electron chi connectivity index (χ3n) is 4.05. The van der Waals surface area contributed by atoms with Crippen LogP contribution in [0, 0.1) is 0 Å². The lowest BCUT2D eigenvalue weighted by Crippen LogP contribution is -2.38. The van der Waals surface area contributed by atoms with Gasteiger partial charge in [0.15, 0.2) is 5.82 Å². The van der Waals surface area contributed by atoms with Crippen molar-refractivity contribution in [3.05, 3.63) is 57.6 Å². The molecular formula is C17H18BrN3O3. The second-order valence-corrected chi connectivity index (χ2v) is 6.62. The van der Waals surface area contributed by atoms with Gasteiger partial charge in [-0.15, -0.1) is 0 Å². The lowest BCUT2D eigenvalue weighted by Gasteiger charge is -2.33. The number of rotatable bonds is 5. The number of fused-ring (bicyclic) bond motifs is 1. The molecule has 0 saturated heterocycles. The third kappa shape index (κ3) is 3.63. The molecule has 0 aliphatic carbocycles. The molecule has 2 aromatic rings. The lowest BCUT2D eigenvalue weighted by atomic mass is 10.0. The highest BCUT2D eigenvalue weighted by Crippen LogP contribution is 2.28. The van der Waals surface area contributed by atoms with Crippen LogP contribution in [0.5, 0.6) is 0 Å². The lowest BCUT2D eigenvalue weighted by molar-refractivity contribution is -0.144. The molecular weight excluding hydrogens is 374 g/mol. The highest BCUT2D eigenvalue weighted by atomic mass is 79.9. The Morgan fingerprint density at radius 1 is 1.50 bits per heavy atom. The summed E-state index contributed by atoms with van der Waals surface area (Å²) in [5.41, 5.74) is 2.71. The van der Waals surface area contributed by atoms with Crippen LogP contribution in [0.25, 0.3) is 0 Å². The summed E-state index contributed by atoms with van der Waals surface area (Å²) in [4.78, 5) is 22.6. The molecule has 0 fully saturated rings. The van der Waals surface area contributed by atoms with E-state index in [9.17, 15) is 9.90 Å². The van der Waals surface area contributed by atoms with Gasteiger partial charge in [-0.2, -0.15) is 0 Å². The summed E-state index contributed by atoms with van der Waals surface area (Å²) in [6, 6.07) is 6.75. The molecule has 1 atom stereocenters. The number of aliphatic carboxylic acids is 1. The molecule has 0 bridgehead atoms. The average Bonchev–Trinajstić information content (AvgIpc) is 2.55. The molecule has 0 saturated carbocycles. The van der Waals surface area contributed by atoms with Crippen molar-refractivity contribution in [2.75, 3.05) is 13.7 Å². The molecule has 1 aromatic carbocycles. The zero-order valence-corrected chi connectivity index (χ0v) is 14.9. The Morgan fingerprint density at radius 3 is 3.04 bits per heavy atom. The number of methoxy groups -OCH3 is 1. The Hall–Kier alpha value is -1.83. The van der Waals surface area contributed by atoms with E-state index in [1.165, 1.54) is 0 Å². The molecule has 1 aliphatic heterocycles. The quantitative estimate of drug-likeness (QED) is 0.843. The van der Waals surface area contributed by atoms with E-state index in [4.69, 9.17) is 4.74 Å². The maximum atomic E-state index is 11.9. The molecule has 3 rings (SSSR count). The van der Waals surface area contributed by atoms with Crippen molar-refractivity contribution in [2.45, 2.75) is 25.6 Å². The number of aromatic nitrogens is 2. The molecule has 0 radical (unpaired) electrons. The van der Waals surface area contributed by atoms with Crippen molar-refractivity contribution < 1.29 is 14.6 Å². The molecule has 0 spiro atoms. The topological polar surface area (TPSA) is 75.6 Å². The Balaban J connectivity index is 1.85. The van der Waals surface area contributed by atoms with Crippen LogP contribution in [-0.4, -0.2) is 39.6 Å². The van der Waals surface area contributed by atoms with E-state index in [0.29, 0.717) is 31.9 Å². The van der Waals surface area contributed by atoms with Gasteiger partial charge >= 0.3 is 5.97 Å². The van der Waals surface area contributed by atoms with Crippen molar-refractivity contribution >= 4 is 21.9 Å². The standard InChI is InChI=1S/C17H18BrN3O3/c1-24-10-15-19-8-12-9-21(6-5-14(12)20-15)16(17(22)23)11-3-2-4-13(18)7-11/h2-4,7-8,16H,5-6,9-10H2,1H3,(H,22,23). The van der Waals surface area contributed by atoms with Gasteiger partial charge in [-0.25, -0.2) is 9.97 Å². The smallest absolute Gasteiger partial charge is 0.325 e. The zero-order chi connectivity index (χ0) is 17.1. The first kappa shape index (κ1) is 17.0. The molecule has 0 amide bonds. The number of carboxylic acids is 1. The molecule has 1 unspecified atom stereocenters. The minimum Gasteiger partial charge on any atom is -0.480 e. The van der Waals surface area contributed by atoms with Crippen LogP contribution < -0.4 is 0 Å². The summed E-state index contributed by atoms with van der Waals surface area (Å²) in [7, 11) is 1.61. The summed E-state index contributed by atoms with van der Waals surface area (Å²) in [6.07, 6.45) is 2.48. The van der Waals surface area contributed by atoms with Gasteiger partial charge in [-0.1, -0.05) is 28.1 Å². The number of carbonyl (C=O) groups is 1. The van der Waals surface area contributed by atoms with Gasteiger partial charge in [0, 0.05) is 48.5 Å². The van der Waals surface area contributed by atoms with Crippen LogP contribution in [0.3, 0.4) is 0 Å². The van der Waals surface area contributed by atoms with E-state index in [1.807, 2.05) is 29.2 Å². The zero-order valence-electron chi connectivity index (χ0n) is 13.3. The predicted molar refractivity (Wildman–Crippen MR) is 91.4 cm³/mol. The maximum Gasteiger partial charge on any atom is 0.325 e. The van der Waals surface area contributed by atoms with Crippen molar-refractivity contribution in [1.82, 2.24) is 14.9 Å². The Kier molecular flexibility index (Phi) is 5.23. The maximum absolute atomic E-state index is 11.9. The first-order valence-electron chi connectivity index (χ1n) is 7.63. The number of halogens is 1. The second-order valence-electron chi connectivity index (χ2n) is 5.71. The Labute approximate surface area is 148 Å². The molecule has 7 heteroatoms. The second kappa shape index (κ2) is 7.38. The monoisotopic (exact) mass is 391 g/mol. The van der Waals surface area contributed by atoms with Crippen LogP contribution in [0.15, 0.2) is 34.9 Å². The molecule has 1 aliphatic rings. The van der Waals surface area contributed by atoms with E-state index in [0.717, 1.165) is 21.3 Å². The molecule has 1 aromatic heterocycles. The fourth-order valence-electron chi connectivity index (χ4n) is 2.98. The van der Waals surface area contributed by atoms with Crippen LogP contribution in [-0.2, 0) is 29.1 Å². The fourth-order valence-corrected chi connectivity index (χ4v) is 3.40. The predicted octanol–water partition coefficient (Wildman–Crippen LogP) is 2.57. The third-order valence-corrected chi connectivity index (χ3v) is 4.54. The minimum atomic E-state index is -0.853. The van der Waals surface area contributed by atoms with Crippen molar-refractivity contribution in [2.24, 2.45) is 0 Å². The summed E-state index contributed by atoms with van der Waals surface area (Å²) in [5.74, 6) is -0.194. The van der Waals surface area contributed by atoms with E-state index < -0.39 is 12.0 Å². The molecule has 24 heavy (non-hydrogen) atoms. The number of ether oxygens (including phenoxy) is 1. The van der Waals surface area contributed by atoms with Gasteiger partial charge in [0.05, 0.1) is 0 Å². The van der Waals surface area contributed by atoms with Gasteiger partial charge in [0.25, 0.3) is 0 Å². The van der Waals surface area contributed by atoms with Gasteiger partial charge in [0.2, 0.25) is 0 Å². The first-order chi connectivity index (χ1) is 11.6. The number of nitrogens with zero attached hydrogens (tertiary/aromatic N) is 3. The van der Waals surface area contributed by atoms with Crippen LogP contribution in [0.2, 0.25) is 0 Å². The molecule has 2 heterocycles. The van der Waals surface area contributed by atoms with Gasteiger partial charge in [0.1, 0.15) is 12.6 Å². The highest BCUT2D eigenvalue weighted by Gasteiger charge is 2.31. The van der Waals surface area contributed by atoms with E-state index in [2.05, 4.69) is 25.9 Å². The van der Waals surface area contributed by atoms with Crippen LogP contribution >= 0.6 is 15.9 Å². The number of hydrogen-bond acceptors (Lipinski definition) is 5. The number of benzene rings is 1. The fraction of sp³-hybridized carbons (Fsp3) is 0.353.